The van der Waals surface area contributed by atoms with Crippen molar-refractivity contribution in [3.63, 3.8) is 0 Å². The molecule has 0 saturated carbocycles. The zero-order chi connectivity index (χ0) is 22.0. The predicted molar refractivity (Wildman–Crippen MR) is 113 cm³/mol. The molecule has 0 bridgehead atoms. The van der Waals surface area contributed by atoms with Crippen molar-refractivity contribution in [2.45, 2.75) is 40.4 Å². The molecule has 9 nitrogen and oxygen atoms in total. The largest absolute Gasteiger partial charge is 0.336 e. The Bertz CT molecular complexity index is 1100. The summed E-state index contributed by atoms with van der Waals surface area (Å²) < 4.78 is 3.31. The van der Waals surface area contributed by atoms with Crippen LogP contribution in [-0.2, 0) is 19.6 Å². The Morgan fingerprint density at radius 1 is 1.30 bits per heavy atom. The zero-order valence-corrected chi connectivity index (χ0v) is 18.0. The van der Waals surface area contributed by atoms with E-state index in [1.54, 1.807) is 59.6 Å². The van der Waals surface area contributed by atoms with Crippen molar-refractivity contribution in [3.8, 4) is 0 Å². The lowest BCUT2D eigenvalue weighted by Gasteiger charge is -2.17. The summed E-state index contributed by atoms with van der Waals surface area (Å²) in [5.74, 6) is -0.168. The fourth-order valence-corrected chi connectivity index (χ4v) is 3.51. The van der Waals surface area contributed by atoms with E-state index in [4.69, 9.17) is 11.6 Å². The number of rotatable bonds is 7. The van der Waals surface area contributed by atoms with E-state index in [1.165, 1.54) is 0 Å². The number of halogens is 1. The molecule has 1 aromatic carbocycles. The van der Waals surface area contributed by atoms with E-state index < -0.39 is 4.92 Å². The predicted octanol–water partition coefficient (Wildman–Crippen LogP) is 3.60. The highest BCUT2D eigenvalue weighted by atomic mass is 35.5. The van der Waals surface area contributed by atoms with Crippen molar-refractivity contribution >= 4 is 23.2 Å². The molecule has 0 radical (unpaired) electrons. The van der Waals surface area contributed by atoms with E-state index in [-0.39, 0.29) is 11.6 Å². The fraction of sp³-hybridized carbons (Fsp3) is 0.350. The van der Waals surface area contributed by atoms with Gasteiger partial charge in [-0.1, -0.05) is 23.7 Å². The van der Waals surface area contributed by atoms with Crippen molar-refractivity contribution in [2.24, 2.45) is 0 Å². The molecular formula is C20H23ClN6O3. The molecule has 0 aliphatic heterocycles. The number of aromatic nitrogens is 4. The number of aryl methyl sites for hydroxylation is 2. The van der Waals surface area contributed by atoms with Crippen LogP contribution in [0.4, 0.5) is 5.69 Å². The quantitative estimate of drug-likeness (QED) is 0.421. The summed E-state index contributed by atoms with van der Waals surface area (Å²) in [5, 5.41) is 20.4. The maximum atomic E-state index is 12.9. The number of nitrogens with zero attached hydrogens (tertiary/aromatic N) is 6. The molecule has 30 heavy (non-hydrogen) atoms. The van der Waals surface area contributed by atoms with Crippen LogP contribution in [0.5, 0.6) is 0 Å². The molecule has 158 valence electrons. The number of hydrogen-bond acceptors (Lipinski definition) is 5. The first-order valence-electron chi connectivity index (χ1n) is 9.45. The topological polar surface area (TPSA) is 99.1 Å². The van der Waals surface area contributed by atoms with E-state index in [1.807, 2.05) is 13.0 Å². The van der Waals surface area contributed by atoms with Crippen molar-refractivity contribution in [3.05, 3.63) is 73.8 Å². The third-order valence-electron chi connectivity index (χ3n) is 4.88. The van der Waals surface area contributed by atoms with Crippen LogP contribution in [0.15, 0.2) is 30.5 Å². The highest BCUT2D eigenvalue weighted by Crippen LogP contribution is 2.23. The second-order valence-electron chi connectivity index (χ2n) is 7.08. The van der Waals surface area contributed by atoms with Gasteiger partial charge >= 0.3 is 5.69 Å². The minimum atomic E-state index is -0.423. The van der Waals surface area contributed by atoms with E-state index in [2.05, 4.69) is 10.2 Å². The first-order valence-corrected chi connectivity index (χ1v) is 9.83. The van der Waals surface area contributed by atoms with Crippen molar-refractivity contribution in [2.75, 3.05) is 7.05 Å². The summed E-state index contributed by atoms with van der Waals surface area (Å²) in [5.41, 5.74) is 2.84. The van der Waals surface area contributed by atoms with Gasteiger partial charge in [-0.2, -0.15) is 10.2 Å². The second kappa shape index (κ2) is 8.66. The summed E-state index contributed by atoms with van der Waals surface area (Å²) in [6.45, 7) is 6.56. The van der Waals surface area contributed by atoms with Crippen LogP contribution >= 0.6 is 11.6 Å². The lowest BCUT2D eigenvalue weighted by molar-refractivity contribution is -0.386. The number of carbonyl (C=O) groups is 1. The van der Waals surface area contributed by atoms with Crippen molar-refractivity contribution in [1.29, 1.82) is 0 Å². The van der Waals surface area contributed by atoms with Crippen molar-refractivity contribution < 1.29 is 9.72 Å². The average molecular weight is 431 g/mol. The molecule has 0 fully saturated rings. The van der Waals surface area contributed by atoms with Gasteiger partial charge in [-0.05, 0) is 38.5 Å². The second-order valence-corrected chi connectivity index (χ2v) is 7.48. The van der Waals surface area contributed by atoms with E-state index in [9.17, 15) is 14.9 Å². The number of amides is 1. The molecule has 3 rings (SSSR count). The Hall–Kier alpha value is -3.20. The van der Waals surface area contributed by atoms with Gasteiger partial charge in [0, 0.05) is 25.4 Å². The lowest BCUT2D eigenvalue weighted by atomic mass is 10.1. The van der Waals surface area contributed by atoms with Crippen molar-refractivity contribution in [1.82, 2.24) is 24.5 Å². The highest BCUT2D eigenvalue weighted by Gasteiger charge is 2.22. The van der Waals surface area contributed by atoms with Gasteiger partial charge in [-0.25, -0.2) is 0 Å². The summed E-state index contributed by atoms with van der Waals surface area (Å²) in [7, 11) is 1.70. The van der Waals surface area contributed by atoms with Gasteiger partial charge in [0.1, 0.15) is 17.1 Å². The Morgan fingerprint density at radius 3 is 2.63 bits per heavy atom. The van der Waals surface area contributed by atoms with E-state index >= 15 is 0 Å². The maximum Gasteiger partial charge on any atom is 0.312 e. The van der Waals surface area contributed by atoms with Gasteiger partial charge in [-0.3, -0.25) is 24.3 Å². The van der Waals surface area contributed by atoms with Gasteiger partial charge in [0.05, 0.1) is 23.0 Å². The smallest absolute Gasteiger partial charge is 0.312 e. The molecule has 0 spiro atoms. The zero-order valence-electron chi connectivity index (χ0n) is 17.3. The third kappa shape index (κ3) is 4.35. The molecule has 0 atom stereocenters. The molecule has 2 heterocycles. The molecule has 10 heteroatoms. The molecule has 0 unspecified atom stereocenters. The normalized spacial score (nSPS) is 11.0. The summed E-state index contributed by atoms with van der Waals surface area (Å²) in [6, 6.07) is 7.15. The van der Waals surface area contributed by atoms with Gasteiger partial charge in [0.15, 0.2) is 0 Å². The maximum absolute atomic E-state index is 12.9. The number of benzene rings is 1. The van der Waals surface area contributed by atoms with Crippen LogP contribution < -0.4 is 0 Å². The molecule has 1 amide bonds. The molecular weight excluding hydrogens is 408 g/mol. The lowest BCUT2D eigenvalue weighted by Crippen LogP contribution is -2.26. The summed E-state index contributed by atoms with van der Waals surface area (Å²) >= 11 is 6.21. The number of carbonyl (C=O) groups excluding carboxylic acids is 1. The number of nitro groups is 1. The monoisotopic (exact) mass is 430 g/mol. The molecule has 0 saturated heterocycles. The molecule has 3 aromatic rings. The van der Waals surface area contributed by atoms with E-state index in [0.29, 0.717) is 47.3 Å². The first-order chi connectivity index (χ1) is 14.2. The van der Waals surface area contributed by atoms with Gasteiger partial charge in [0.25, 0.3) is 5.91 Å². The van der Waals surface area contributed by atoms with Crippen LogP contribution in [0.25, 0.3) is 0 Å². The van der Waals surface area contributed by atoms with Crippen LogP contribution in [0.2, 0.25) is 5.02 Å². The van der Waals surface area contributed by atoms with Crippen LogP contribution in [0, 0.1) is 24.0 Å². The third-order valence-corrected chi connectivity index (χ3v) is 5.19. The first kappa shape index (κ1) is 21.5. The van der Waals surface area contributed by atoms with Gasteiger partial charge in [0.2, 0.25) is 0 Å². The number of hydrogen-bond donors (Lipinski definition) is 0. The highest BCUT2D eigenvalue weighted by molar-refractivity contribution is 6.31. The molecule has 0 aliphatic carbocycles. The van der Waals surface area contributed by atoms with Crippen LogP contribution in [-0.4, -0.2) is 42.3 Å². The van der Waals surface area contributed by atoms with Gasteiger partial charge < -0.3 is 4.90 Å². The van der Waals surface area contributed by atoms with Crippen LogP contribution in [0.3, 0.4) is 0 Å². The molecule has 0 N–H and O–H groups in total. The summed E-state index contributed by atoms with van der Waals surface area (Å²) in [6.07, 6.45) is 1.74. The van der Waals surface area contributed by atoms with Gasteiger partial charge in [-0.15, -0.1) is 0 Å². The Kier molecular flexibility index (Phi) is 6.21. The minimum Gasteiger partial charge on any atom is -0.336 e. The molecule has 0 aliphatic rings. The SMILES string of the molecule is CCn1cc(Cl)c(CN(C)C(=O)c2cccc(Cn3nc(C)c([N+](=O)[O-])c3C)c2)n1. The standard InChI is InChI=1S/C20H23ClN6O3/c1-5-25-11-17(21)18(23-25)12-24(4)20(28)16-8-6-7-15(9-16)10-26-14(3)19(27(29)30)13(2)22-26/h6-9,11H,5,10,12H2,1-4H3. The van der Waals surface area contributed by atoms with Crippen LogP contribution in [0.1, 0.15) is 39.9 Å². The minimum absolute atomic E-state index is 0.0189. The average Bonchev–Trinajstić information content (AvgIpc) is 3.19. The molecule has 2 aromatic heterocycles. The fourth-order valence-electron chi connectivity index (χ4n) is 3.30. The Balaban J connectivity index is 1.77. The Labute approximate surface area is 179 Å². The Morgan fingerprint density at radius 2 is 2.03 bits per heavy atom. The summed E-state index contributed by atoms with van der Waals surface area (Å²) in [4.78, 5) is 25.2. The van der Waals surface area contributed by atoms with E-state index in [0.717, 1.165) is 5.56 Å².